The number of piperazine rings is 1. The molecule has 0 radical (unpaired) electrons. The van der Waals surface area contributed by atoms with Crippen LogP contribution in [0.5, 0.6) is 0 Å². The van der Waals surface area contributed by atoms with Gasteiger partial charge in [0.05, 0.1) is 10.7 Å². The summed E-state index contributed by atoms with van der Waals surface area (Å²) in [6.45, 7) is 7.08. The van der Waals surface area contributed by atoms with Crippen molar-refractivity contribution in [2.45, 2.75) is 26.3 Å². The predicted molar refractivity (Wildman–Crippen MR) is 90.6 cm³/mol. The van der Waals surface area contributed by atoms with Gasteiger partial charge in [-0.15, -0.1) is 10.2 Å². The van der Waals surface area contributed by atoms with Gasteiger partial charge >= 0.3 is 0 Å². The topological polar surface area (TPSA) is 45.2 Å². The fourth-order valence-electron chi connectivity index (χ4n) is 2.51. The van der Waals surface area contributed by atoms with E-state index >= 15 is 0 Å². The van der Waals surface area contributed by atoms with Crippen molar-refractivity contribution in [3.63, 3.8) is 0 Å². The van der Waals surface area contributed by atoms with Crippen molar-refractivity contribution in [2.75, 3.05) is 31.1 Å². The second-order valence-electron chi connectivity index (χ2n) is 5.46. The zero-order valence-corrected chi connectivity index (χ0v) is 14.3. The van der Waals surface area contributed by atoms with Gasteiger partial charge in [0.1, 0.15) is 5.01 Å². The zero-order chi connectivity index (χ0) is 15.4. The first-order chi connectivity index (χ1) is 10.7. The van der Waals surface area contributed by atoms with Crippen molar-refractivity contribution in [2.24, 2.45) is 0 Å². The Balaban J connectivity index is 1.52. The van der Waals surface area contributed by atoms with E-state index in [0.717, 1.165) is 61.4 Å². The van der Waals surface area contributed by atoms with Gasteiger partial charge in [-0.3, -0.25) is 9.88 Å². The maximum absolute atomic E-state index is 5.87. The number of rotatable bonds is 5. The number of anilines is 1. The fraction of sp³-hybridized carbons (Fsp3) is 0.533. The van der Waals surface area contributed by atoms with E-state index in [1.165, 1.54) is 0 Å². The van der Waals surface area contributed by atoms with Crippen LogP contribution in [0.3, 0.4) is 0 Å². The minimum absolute atomic E-state index is 0.688. The average Bonchev–Trinajstić information content (AvgIpc) is 2.99. The molecule has 0 atom stereocenters. The number of hydrogen-bond donors (Lipinski definition) is 0. The number of hydrogen-bond acceptors (Lipinski definition) is 6. The van der Waals surface area contributed by atoms with Crippen LogP contribution in [0.1, 0.15) is 24.0 Å². The van der Waals surface area contributed by atoms with E-state index in [-0.39, 0.29) is 0 Å². The van der Waals surface area contributed by atoms with Gasteiger partial charge in [-0.05, 0) is 18.6 Å². The Hall–Kier alpha value is -1.24. The summed E-state index contributed by atoms with van der Waals surface area (Å²) in [5.74, 6) is 0. The van der Waals surface area contributed by atoms with E-state index in [0.29, 0.717) is 5.02 Å². The molecular formula is C15H20ClN5S. The first-order valence-corrected chi connectivity index (χ1v) is 8.84. The molecule has 118 valence electrons. The third-order valence-electron chi connectivity index (χ3n) is 3.74. The fourth-order valence-corrected chi connectivity index (χ4v) is 3.62. The molecule has 0 amide bonds. The Kier molecular flexibility index (Phi) is 5.23. The monoisotopic (exact) mass is 337 g/mol. The summed E-state index contributed by atoms with van der Waals surface area (Å²) in [4.78, 5) is 9.12. The van der Waals surface area contributed by atoms with Gasteiger partial charge in [0.15, 0.2) is 0 Å². The SMILES string of the molecule is CCCc1nnc(N2CCN(Cc3ccc(Cl)cn3)CC2)s1. The van der Waals surface area contributed by atoms with Crippen LogP contribution in [-0.4, -0.2) is 46.3 Å². The molecule has 0 aromatic carbocycles. The maximum Gasteiger partial charge on any atom is 0.208 e. The smallest absolute Gasteiger partial charge is 0.208 e. The number of nitrogens with zero attached hydrogens (tertiary/aromatic N) is 5. The van der Waals surface area contributed by atoms with Crippen molar-refractivity contribution in [3.05, 3.63) is 34.1 Å². The zero-order valence-electron chi connectivity index (χ0n) is 12.7. The van der Waals surface area contributed by atoms with Crippen LogP contribution in [0, 0.1) is 0 Å². The molecular weight excluding hydrogens is 318 g/mol. The molecule has 3 heterocycles. The quantitative estimate of drug-likeness (QED) is 0.839. The van der Waals surface area contributed by atoms with Crippen molar-refractivity contribution in [1.29, 1.82) is 0 Å². The van der Waals surface area contributed by atoms with Gasteiger partial charge < -0.3 is 4.90 Å². The molecule has 5 nitrogen and oxygen atoms in total. The molecule has 2 aromatic rings. The number of halogens is 1. The van der Waals surface area contributed by atoms with E-state index in [9.17, 15) is 0 Å². The molecule has 0 N–H and O–H groups in total. The molecule has 3 rings (SSSR count). The highest BCUT2D eigenvalue weighted by atomic mass is 35.5. The van der Waals surface area contributed by atoms with E-state index in [2.05, 4.69) is 31.9 Å². The summed E-state index contributed by atoms with van der Waals surface area (Å²) in [5.41, 5.74) is 1.07. The Morgan fingerprint density at radius 2 is 2.00 bits per heavy atom. The van der Waals surface area contributed by atoms with Crippen molar-refractivity contribution in [1.82, 2.24) is 20.1 Å². The largest absolute Gasteiger partial charge is 0.344 e. The summed E-state index contributed by atoms with van der Waals surface area (Å²) < 4.78 is 0. The molecule has 0 aliphatic carbocycles. The summed E-state index contributed by atoms with van der Waals surface area (Å²) in [7, 11) is 0. The van der Waals surface area contributed by atoms with Crippen LogP contribution in [0.4, 0.5) is 5.13 Å². The number of aryl methyl sites for hydroxylation is 1. The Morgan fingerprint density at radius 3 is 2.68 bits per heavy atom. The van der Waals surface area contributed by atoms with Gasteiger partial charge in [0.25, 0.3) is 0 Å². The van der Waals surface area contributed by atoms with Gasteiger partial charge in [-0.2, -0.15) is 0 Å². The van der Waals surface area contributed by atoms with Crippen LogP contribution < -0.4 is 4.90 Å². The highest BCUT2D eigenvalue weighted by molar-refractivity contribution is 7.15. The summed E-state index contributed by atoms with van der Waals surface area (Å²) in [6, 6.07) is 3.90. The van der Waals surface area contributed by atoms with Crippen LogP contribution in [0.15, 0.2) is 18.3 Å². The van der Waals surface area contributed by atoms with Crippen LogP contribution in [0.25, 0.3) is 0 Å². The maximum atomic E-state index is 5.87. The van der Waals surface area contributed by atoms with E-state index in [1.54, 1.807) is 17.5 Å². The molecule has 2 aromatic heterocycles. The van der Waals surface area contributed by atoms with Gasteiger partial charge in [-0.1, -0.05) is 29.9 Å². The molecule has 0 bridgehead atoms. The standard InChI is InChI=1S/C15H20ClN5S/c1-2-3-14-18-19-15(22-14)21-8-6-20(7-9-21)11-13-5-4-12(16)10-17-13/h4-5,10H,2-3,6-9,11H2,1H3. The highest BCUT2D eigenvalue weighted by Gasteiger charge is 2.20. The van der Waals surface area contributed by atoms with Crippen LogP contribution in [-0.2, 0) is 13.0 Å². The lowest BCUT2D eigenvalue weighted by atomic mass is 10.3. The third-order valence-corrected chi connectivity index (χ3v) is 5.00. The third kappa shape index (κ3) is 3.94. The second kappa shape index (κ2) is 7.35. The van der Waals surface area contributed by atoms with E-state index < -0.39 is 0 Å². The summed E-state index contributed by atoms with van der Waals surface area (Å²) in [6.07, 6.45) is 3.86. The molecule has 22 heavy (non-hydrogen) atoms. The predicted octanol–water partition coefficient (Wildman–Crippen LogP) is 2.86. The van der Waals surface area contributed by atoms with Crippen molar-refractivity contribution < 1.29 is 0 Å². The lowest BCUT2D eigenvalue weighted by Gasteiger charge is -2.34. The number of aromatic nitrogens is 3. The van der Waals surface area contributed by atoms with E-state index in [1.807, 2.05) is 12.1 Å². The normalized spacial score (nSPS) is 16.2. The lowest BCUT2D eigenvalue weighted by molar-refractivity contribution is 0.247. The Bertz CT molecular complexity index is 592. The van der Waals surface area contributed by atoms with Gasteiger partial charge in [0.2, 0.25) is 5.13 Å². The van der Waals surface area contributed by atoms with Crippen molar-refractivity contribution in [3.8, 4) is 0 Å². The van der Waals surface area contributed by atoms with Crippen molar-refractivity contribution >= 4 is 28.1 Å². The summed E-state index contributed by atoms with van der Waals surface area (Å²) >= 11 is 7.60. The molecule has 1 saturated heterocycles. The Morgan fingerprint density at radius 1 is 1.18 bits per heavy atom. The number of pyridine rings is 1. The molecule has 1 aliphatic heterocycles. The molecule has 0 spiro atoms. The first kappa shape index (κ1) is 15.6. The molecule has 7 heteroatoms. The minimum Gasteiger partial charge on any atom is -0.344 e. The van der Waals surface area contributed by atoms with Crippen LogP contribution >= 0.6 is 22.9 Å². The molecule has 1 fully saturated rings. The van der Waals surface area contributed by atoms with Gasteiger partial charge in [-0.25, -0.2) is 0 Å². The van der Waals surface area contributed by atoms with E-state index in [4.69, 9.17) is 11.6 Å². The molecule has 0 unspecified atom stereocenters. The molecule has 0 saturated carbocycles. The highest BCUT2D eigenvalue weighted by Crippen LogP contribution is 2.22. The van der Waals surface area contributed by atoms with Crippen LogP contribution in [0.2, 0.25) is 5.02 Å². The Labute approximate surface area is 139 Å². The molecule has 1 aliphatic rings. The minimum atomic E-state index is 0.688. The lowest BCUT2D eigenvalue weighted by Crippen LogP contribution is -2.46. The summed E-state index contributed by atoms with van der Waals surface area (Å²) in [5, 5.41) is 11.5. The van der Waals surface area contributed by atoms with Gasteiger partial charge in [0, 0.05) is 45.3 Å². The average molecular weight is 338 g/mol. The first-order valence-electron chi connectivity index (χ1n) is 7.64. The second-order valence-corrected chi connectivity index (χ2v) is 6.94.